The third-order valence-corrected chi connectivity index (χ3v) is 4.78. The number of aryl methyl sites for hydroxylation is 2. The first-order valence-corrected chi connectivity index (χ1v) is 9.50. The van der Waals surface area contributed by atoms with Crippen molar-refractivity contribution in [3.63, 3.8) is 0 Å². The van der Waals surface area contributed by atoms with E-state index in [4.69, 9.17) is 9.73 Å². The van der Waals surface area contributed by atoms with Gasteiger partial charge in [0.1, 0.15) is 5.82 Å². The van der Waals surface area contributed by atoms with Crippen LogP contribution in [0.5, 0.6) is 0 Å². The maximum atomic E-state index is 13.4. The summed E-state index contributed by atoms with van der Waals surface area (Å²) in [6.07, 6.45) is 0.0728. The molecule has 3 nitrogen and oxygen atoms in total. The molecule has 0 aliphatic heterocycles. The van der Waals surface area contributed by atoms with Crippen molar-refractivity contribution < 1.29 is 13.9 Å². The molecular formula is C25H24FNO2. The van der Waals surface area contributed by atoms with Gasteiger partial charge >= 0.3 is 5.97 Å². The Morgan fingerprint density at radius 3 is 1.79 bits per heavy atom. The highest BCUT2D eigenvalue weighted by molar-refractivity contribution is 6.13. The first kappa shape index (κ1) is 20.5. The number of hydrogen-bond donors (Lipinski definition) is 0. The number of ether oxygens (including phenoxy) is 1. The summed E-state index contributed by atoms with van der Waals surface area (Å²) in [5.74, 6) is -0.693. The molecule has 0 radical (unpaired) electrons. The van der Waals surface area contributed by atoms with E-state index in [2.05, 4.69) is 0 Å². The Labute approximate surface area is 170 Å². The summed E-state index contributed by atoms with van der Waals surface area (Å²) < 4.78 is 18.3. The Kier molecular flexibility index (Phi) is 6.55. The summed E-state index contributed by atoms with van der Waals surface area (Å²) in [6, 6.07) is 21.8. The van der Waals surface area contributed by atoms with E-state index < -0.39 is 6.04 Å². The molecule has 4 heteroatoms. The monoisotopic (exact) mass is 389 g/mol. The Hall–Kier alpha value is -3.27. The van der Waals surface area contributed by atoms with Gasteiger partial charge in [-0.05, 0) is 31.5 Å². The molecule has 0 amide bonds. The largest absolute Gasteiger partial charge is 0.469 e. The number of methoxy groups -OCH3 is 1. The van der Waals surface area contributed by atoms with Crippen molar-refractivity contribution in [2.75, 3.05) is 7.11 Å². The second kappa shape index (κ2) is 9.28. The van der Waals surface area contributed by atoms with Gasteiger partial charge in [-0.15, -0.1) is 0 Å². The lowest BCUT2D eigenvalue weighted by Gasteiger charge is -2.16. The molecule has 0 saturated heterocycles. The lowest BCUT2D eigenvalue weighted by atomic mass is 9.98. The van der Waals surface area contributed by atoms with Gasteiger partial charge in [0.25, 0.3) is 0 Å². The third kappa shape index (κ3) is 5.38. The first-order chi connectivity index (χ1) is 14.0. The van der Waals surface area contributed by atoms with Gasteiger partial charge in [0, 0.05) is 11.1 Å². The highest BCUT2D eigenvalue weighted by Gasteiger charge is 2.18. The molecule has 0 N–H and O–H groups in total. The van der Waals surface area contributed by atoms with Gasteiger partial charge in [-0.2, -0.15) is 0 Å². The molecule has 3 rings (SSSR count). The van der Waals surface area contributed by atoms with Crippen LogP contribution >= 0.6 is 0 Å². The summed E-state index contributed by atoms with van der Waals surface area (Å²) in [4.78, 5) is 17.0. The summed E-state index contributed by atoms with van der Waals surface area (Å²) in [7, 11) is 1.36. The number of aliphatic imine (C=N–C) groups is 1. The molecule has 0 aromatic heterocycles. The smallest absolute Gasteiger partial charge is 0.308 e. The molecular weight excluding hydrogens is 365 g/mol. The van der Waals surface area contributed by atoms with Gasteiger partial charge < -0.3 is 4.74 Å². The molecule has 29 heavy (non-hydrogen) atoms. The summed E-state index contributed by atoms with van der Waals surface area (Å²) in [5.41, 5.74) is 5.76. The molecule has 3 aromatic rings. The predicted molar refractivity (Wildman–Crippen MR) is 114 cm³/mol. The van der Waals surface area contributed by atoms with Crippen LogP contribution in [0.1, 0.15) is 40.3 Å². The molecule has 0 heterocycles. The Balaban J connectivity index is 2.12. The zero-order chi connectivity index (χ0) is 20.8. The number of carbonyl (C=O) groups is 1. The van der Waals surface area contributed by atoms with E-state index in [0.717, 1.165) is 33.5 Å². The van der Waals surface area contributed by atoms with Crippen LogP contribution in [0.25, 0.3) is 0 Å². The quantitative estimate of drug-likeness (QED) is 0.407. The number of nitrogens with zero attached hydrogens (tertiary/aromatic N) is 1. The Morgan fingerprint density at radius 2 is 1.34 bits per heavy atom. The van der Waals surface area contributed by atoms with Gasteiger partial charge in [0.2, 0.25) is 0 Å². The van der Waals surface area contributed by atoms with Crippen LogP contribution < -0.4 is 0 Å². The molecule has 0 aliphatic rings. The minimum atomic E-state index is -0.486. The summed E-state index contributed by atoms with van der Waals surface area (Å²) in [6.45, 7) is 4.07. The normalized spacial score (nSPS) is 11.6. The van der Waals surface area contributed by atoms with Gasteiger partial charge in [-0.3, -0.25) is 9.79 Å². The number of carbonyl (C=O) groups excluding carboxylic acids is 1. The molecule has 0 spiro atoms. The average molecular weight is 389 g/mol. The molecule has 0 saturated carbocycles. The van der Waals surface area contributed by atoms with Gasteiger partial charge in [0.15, 0.2) is 0 Å². The Bertz CT molecular complexity index is 943. The standard InChI is InChI=1S/C25H24FNO2/c1-17-4-8-20(9-5-17)25(21-10-6-18(2)7-11-21)27-23(16-24(28)29-3)19-12-14-22(26)15-13-19/h4-15,23H,16H2,1-3H3. The maximum Gasteiger partial charge on any atom is 0.308 e. The lowest BCUT2D eigenvalue weighted by molar-refractivity contribution is -0.141. The zero-order valence-corrected chi connectivity index (χ0v) is 16.9. The van der Waals surface area contributed by atoms with Gasteiger partial charge in [-0.1, -0.05) is 71.8 Å². The molecule has 0 bridgehead atoms. The number of hydrogen-bond acceptors (Lipinski definition) is 3. The minimum Gasteiger partial charge on any atom is -0.469 e. The van der Waals surface area contributed by atoms with Crippen LogP contribution in [0.3, 0.4) is 0 Å². The van der Waals surface area contributed by atoms with Crippen molar-refractivity contribution in [3.8, 4) is 0 Å². The first-order valence-electron chi connectivity index (χ1n) is 9.50. The van der Waals surface area contributed by atoms with Gasteiger partial charge in [-0.25, -0.2) is 4.39 Å². The fraction of sp³-hybridized carbons (Fsp3) is 0.200. The lowest BCUT2D eigenvalue weighted by Crippen LogP contribution is -2.12. The average Bonchev–Trinajstić information content (AvgIpc) is 2.73. The molecule has 0 aliphatic carbocycles. The van der Waals surface area contributed by atoms with E-state index in [1.807, 2.05) is 62.4 Å². The molecule has 1 atom stereocenters. The number of halogens is 1. The topological polar surface area (TPSA) is 38.7 Å². The van der Waals surface area contributed by atoms with Gasteiger partial charge in [0.05, 0.1) is 25.3 Å². The fourth-order valence-electron chi connectivity index (χ4n) is 3.06. The number of rotatable bonds is 6. The third-order valence-electron chi connectivity index (χ3n) is 4.78. The van der Waals surface area contributed by atoms with Crippen LogP contribution in [-0.4, -0.2) is 18.8 Å². The van der Waals surface area contributed by atoms with Crippen LogP contribution in [0.2, 0.25) is 0 Å². The number of benzene rings is 3. The van der Waals surface area contributed by atoms with E-state index in [1.165, 1.54) is 19.2 Å². The van der Waals surface area contributed by atoms with Crippen LogP contribution in [-0.2, 0) is 9.53 Å². The Morgan fingerprint density at radius 1 is 0.862 bits per heavy atom. The molecule has 0 fully saturated rings. The minimum absolute atomic E-state index is 0.0728. The van der Waals surface area contributed by atoms with Crippen LogP contribution in [0, 0.1) is 19.7 Å². The van der Waals surface area contributed by atoms with E-state index in [9.17, 15) is 9.18 Å². The van der Waals surface area contributed by atoms with Crippen LogP contribution in [0.15, 0.2) is 77.8 Å². The second-order valence-electron chi connectivity index (χ2n) is 7.06. The van der Waals surface area contributed by atoms with E-state index in [-0.39, 0.29) is 18.2 Å². The van der Waals surface area contributed by atoms with Crippen LogP contribution in [0.4, 0.5) is 4.39 Å². The maximum absolute atomic E-state index is 13.4. The van der Waals surface area contributed by atoms with Crippen molar-refractivity contribution in [1.29, 1.82) is 0 Å². The summed E-state index contributed by atoms with van der Waals surface area (Å²) >= 11 is 0. The van der Waals surface area contributed by atoms with Crippen molar-refractivity contribution in [2.24, 2.45) is 4.99 Å². The zero-order valence-electron chi connectivity index (χ0n) is 16.9. The molecule has 1 unspecified atom stereocenters. The predicted octanol–water partition coefficient (Wildman–Crippen LogP) is 5.58. The molecule has 3 aromatic carbocycles. The number of esters is 1. The molecule has 148 valence electrons. The second-order valence-corrected chi connectivity index (χ2v) is 7.06. The van der Waals surface area contributed by atoms with E-state index in [0.29, 0.717) is 0 Å². The van der Waals surface area contributed by atoms with E-state index in [1.54, 1.807) is 12.1 Å². The fourth-order valence-corrected chi connectivity index (χ4v) is 3.06. The van der Waals surface area contributed by atoms with Crippen molar-refractivity contribution in [1.82, 2.24) is 0 Å². The highest BCUT2D eigenvalue weighted by Crippen LogP contribution is 2.25. The van der Waals surface area contributed by atoms with Crippen molar-refractivity contribution in [3.05, 3.63) is 106 Å². The SMILES string of the molecule is COC(=O)CC(N=C(c1ccc(C)cc1)c1ccc(C)cc1)c1ccc(F)cc1. The van der Waals surface area contributed by atoms with E-state index >= 15 is 0 Å². The highest BCUT2D eigenvalue weighted by atomic mass is 19.1. The van der Waals surface area contributed by atoms with Crippen molar-refractivity contribution >= 4 is 11.7 Å². The van der Waals surface area contributed by atoms with Crippen molar-refractivity contribution in [2.45, 2.75) is 26.3 Å². The summed E-state index contributed by atoms with van der Waals surface area (Å²) in [5, 5.41) is 0.